The fourth-order valence-corrected chi connectivity index (χ4v) is 2.39. The lowest BCUT2D eigenvalue weighted by atomic mass is 10.0. The molecule has 1 heteroatoms. The van der Waals surface area contributed by atoms with Crippen LogP contribution in [0.4, 0.5) is 0 Å². The summed E-state index contributed by atoms with van der Waals surface area (Å²) >= 11 is 0. The summed E-state index contributed by atoms with van der Waals surface area (Å²) in [5, 5.41) is 0. The summed E-state index contributed by atoms with van der Waals surface area (Å²) in [5.41, 5.74) is 0. The van der Waals surface area contributed by atoms with Crippen molar-refractivity contribution in [2.45, 2.75) is 84.5 Å². The quantitative estimate of drug-likeness (QED) is 0.393. The van der Waals surface area contributed by atoms with Crippen LogP contribution in [0, 0.1) is 5.92 Å². The maximum absolute atomic E-state index is 2.33. The van der Waals surface area contributed by atoms with Crippen molar-refractivity contribution in [3.8, 4) is 0 Å². The Balaban J connectivity index is 2.95. The third-order valence-electron chi connectivity index (χ3n) is 3.64. The molecule has 0 saturated carbocycles. The van der Waals surface area contributed by atoms with Gasteiger partial charge in [-0.15, -0.1) is 0 Å². The average molecular weight is 255 g/mol. The molecule has 18 heavy (non-hydrogen) atoms. The molecule has 0 aliphatic rings. The van der Waals surface area contributed by atoms with Gasteiger partial charge in [0.05, 0.1) is 0 Å². The van der Waals surface area contributed by atoms with E-state index in [1.807, 2.05) is 0 Å². The van der Waals surface area contributed by atoms with Crippen LogP contribution in [0.2, 0.25) is 0 Å². The lowest BCUT2D eigenvalue weighted by Crippen LogP contribution is -2.12. The molecule has 0 rings (SSSR count). The van der Waals surface area contributed by atoms with Crippen LogP contribution in [0.5, 0.6) is 0 Å². The van der Waals surface area contributed by atoms with Gasteiger partial charge in [0.15, 0.2) is 0 Å². The van der Waals surface area contributed by atoms with Crippen molar-refractivity contribution >= 4 is 0 Å². The highest BCUT2D eigenvalue weighted by molar-refractivity contribution is 4.51. The first-order valence-corrected chi connectivity index (χ1v) is 8.27. The average Bonchev–Trinajstić information content (AvgIpc) is 2.29. The second-order valence-electron chi connectivity index (χ2n) is 6.52. The van der Waals surface area contributed by atoms with E-state index in [1.165, 1.54) is 77.2 Å². The highest BCUT2D eigenvalue weighted by Gasteiger charge is 1.95. The molecule has 0 aromatic heterocycles. The molecule has 0 aromatic rings. The molecule has 0 heterocycles. The first-order chi connectivity index (χ1) is 8.63. The minimum Gasteiger partial charge on any atom is -0.309 e. The first-order valence-electron chi connectivity index (χ1n) is 8.27. The van der Waals surface area contributed by atoms with Crippen molar-refractivity contribution < 1.29 is 0 Å². The normalized spacial score (nSPS) is 11.7. The van der Waals surface area contributed by atoms with E-state index in [9.17, 15) is 0 Å². The first kappa shape index (κ1) is 18.0. The van der Waals surface area contributed by atoms with Gasteiger partial charge in [0.2, 0.25) is 0 Å². The van der Waals surface area contributed by atoms with Crippen LogP contribution in [0.15, 0.2) is 0 Å². The van der Waals surface area contributed by atoms with Crippen LogP contribution in [-0.2, 0) is 0 Å². The van der Waals surface area contributed by atoms with Crippen LogP contribution >= 0.6 is 0 Å². The van der Waals surface area contributed by atoms with Gasteiger partial charge in [0, 0.05) is 0 Å². The fraction of sp³-hybridized carbons (Fsp3) is 1.00. The Kier molecular flexibility index (Phi) is 13.4. The van der Waals surface area contributed by atoms with Crippen molar-refractivity contribution in [1.82, 2.24) is 4.90 Å². The molecule has 0 amide bonds. The molecule has 0 spiro atoms. The molecule has 0 aliphatic heterocycles. The predicted octanol–water partition coefficient (Wildman–Crippen LogP) is 5.50. The molecule has 0 bridgehead atoms. The number of rotatable bonds is 13. The SMILES string of the molecule is CC(C)CCCCCCCCCCCCN(C)C. The molecule has 0 unspecified atom stereocenters. The largest absolute Gasteiger partial charge is 0.309 e. The van der Waals surface area contributed by atoms with Crippen molar-refractivity contribution in [3.63, 3.8) is 0 Å². The highest BCUT2D eigenvalue weighted by Crippen LogP contribution is 2.13. The molecular weight excluding hydrogens is 218 g/mol. The second-order valence-corrected chi connectivity index (χ2v) is 6.52. The molecule has 0 saturated heterocycles. The Hall–Kier alpha value is -0.0400. The highest BCUT2D eigenvalue weighted by atomic mass is 15.0. The Morgan fingerprint density at radius 2 is 1.00 bits per heavy atom. The lowest BCUT2D eigenvalue weighted by molar-refractivity contribution is 0.389. The fourth-order valence-electron chi connectivity index (χ4n) is 2.39. The topological polar surface area (TPSA) is 3.24 Å². The van der Waals surface area contributed by atoms with Gasteiger partial charge in [-0.2, -0.15) is 0 Å². The Bertz CT molecular complexity index is 134. The van der Waals surface area contributed by atoms with Crippen LogP contribution in [0.1, 0.15) is 84.5 Å². The van der Waals surface area contributed by atoms with E-state index in [-0.39, 0.29) is 0 Å². The zero-order valence-electron chi connectivity index (χ0n) is 13.5. The van der Waals surface area contributed by atoms with Gasteiger partial charge >= 0.3 is 0 Å². The van der Waals surface area contributed by atoms with Crippen molar-refractivity contribution in [2.75, 3.05) is 20.6 Å². The standard InChI is InChI=1S/C17H37N/c1-17(2)15-13-11-9-7-5-6-8-10-12-14-16-18(3)4/h17H,5-16H2,1-4H3. The Morgan fingerprint density at radius 1 is 0.611 bits per heavy atom. The molecule has 0 aliphatic carbocycles. The summed E-state index contributed by atoms with van der Waals surface area (Å²) in [6.07, 6.45) is 15.9. The molecule has 1 nitrogen and oxygen atoms in total. The minimum atomic E-state index is 0.896. The van der Waals surface area contributed by atoms with E-state index in [4.69, 9.17) is 0 Å². The maximum Gasteiger partial charge on any atom is -0.00248 e. The number of hydrogen-bond acceptors (Lipinski definition) is 1. The van der Waals surface area contributed by atoms with Crippen molar-refractivity contribution in [1.29, 1.82) is 0 Å². The second kappa shape index (κ2) is 13.4. The summed E-state index contributed by atoms with van der Waals surface area (Å²) in [4.78, 5) is 2.29. The van der Waals surface area contributed by atoms with Crippen molar-refractivity contribution in [3.05, 3.63) is 0 Å². The van der Waals surface area contributed by atoms with E-state index < -0.39 is 0 Å². The Labute approximate surface area is 116 Å². The zero-order valence-corrected chi connectivity index (χ0v) is 13.5. The minimum absolute atomic E-state index is 0.896. The molecule has 0 fully saturated rings. The third-order valence-corrected chi connectivity index (χ3v) is 3.64. The van der Waals surface area contributed by atoms with E-state index in [2.05, 4.69) is 32.8 Å². The van der Waals surface area contributed by atoms with Crippen LogP contribution in [-0.4, -0.2) is 25.5 Å². The van der Waals surface area contributed by atoms with Crippen molar-refractivity contribution in [2.24, 2.45) is 5.92 Å². The van der Waals surface area contributed by atoms with E-state index in [0.29, 0.717) is 0 Å². The molecule has 0 radical (unpaired) electrons. The summed E-state index contributed by atoms with van der Waals surface area (Å²) in [5.74, 6) is 0.896. The smallest absolute Gasteiger partial charge is 0.00248 e. The van der Waals surface area contributed by atoms with E-state index in [0.717, 1.165) is 5.92 Å². The van der Waals surface area contributed by atoms with Gasteiger partial charge in [-0.1, -0.05) is 78.1 Å². The van der Waals surface area contributed by atoms with Gasteiger partial charge < -0.3 is 4.90 Å². The van der Waals surface area contributed by atoms with E-state index >= 15 is 0 Å². The summed E-state index contributed by atoms with van der Waals surface area (Å²) in [6, 6.07) is 0. The number of unbranched alkanes of at least 4 members (excludes halogenated alkanes) is 9. The third kappa shape index (κ3) is 16.0. The summed E-state index contributed by atoms with van der Waals surface area (Å²) < 4.78 is 0. The van der Waals surface area contributed by atoms with Gasteiger partial charge in [-0.05, 0) is 33.0 Å². The van der Waals surface area contributed by atoms with Crippen LogP contribution in [0.3, 0.4) is 0 Å². The summed E-state index contributed by atoms with van der Waals surface area (Å²) in [6.45, 7) is 5.92. The maximum atomic E-state index is 2.33. The van der Waals surface area contributed by atoms with Crippen LogP contribution < -0.4 is 0 Å². The predicted molar refractivity (Wildman–Crippen MR) is 84.2 cm³/mol. The number of hydrogen-bond donors (Lipinski definition) is 0. The van der Waals surface area contributed by atoms with Gasteiger partial charge in [-0.3, -0.25) is 0 Å². The lowest BCUT2D eigenvalue weighted by Gasteiger charge is -2.08. The Morgan fingerprint density at radius 3 is 1.39 bits per heavy atom. The van der Waals surface area contributed by atoms with Crippen LogP contribution in [0.25, 0.3) is 0 Å². The molecule has 0 atom stereocenters. The van der Waals surface area contributed by atoms with Gasteiger partial charge in [0.1, 0.15) is 0 Å². The van der Waals surface area contributed by atoms with Gasteiger partial charge in [-0.25, -0.2) is 0 Å². The molecular formula is C17H37N. The molecule has 110 valence electrons. The van der Waals surface area contributed by atoms with E-state index in [1.54, 1.807) is 0 Å². The molecule has 0 N–H and O–H groups in total. The van der Waals surface area contributed by atoms with Gasteiger partial charge in [0.25, 0.3) is 0 Å². The zero-order chi connectivity index (χ0) is 13.6. The molecule has 0 aromatic carbocycles. The monoisotopic (exact) mass is 255 g/mol. The summed E-state index contributed by atoms with van der Waals surface area (Å²) in [7, 11) is 4.33. The number of nitrogens with zero attached hydrogens (tertiary/aromatic N) is 1.